The molecule has 1 heterocycles. The second-order valence-corrected chi connectivity index (χ2v) is 6.27. The van der Waals surface area contributed by atoms with Crippen molar-refractivity contribution in [3.05, 3.63) is 0 Å². The van der Waals surface area contributed by atoms with E-state index in [-0.39, 0.29) is 12.7 Å². The number of nitrogens with zero attached hydrogens (tertiary/aromatic N) is 2. The van der Waals surface area contributed by atoms with Crippen molar-refractivity contribution in [2.75, 3.05) is 33.3 Å². The van der Waals surface area contributed by atoms with Crippen molar-refractivity contribution < 1.29 is 14.6 Å². The maximum Gasteiger partial charge on any atom is 0.410 e. The second-order valence-electron chi connectivity index (χ2n) is 6.27. The highest BCUT2D eigenvalue weighted by Gasteiger charge is 2.26. The van der Waals surface area contributed by atoms with Crippen LogP contribution in [-0.2, 0) is 4.74 Å². The van der Waals surface area contributed by atoms with Crippen molar-refractivity contribution >= 4 is 6.09 Å². The third-order valence-corrected chi connectivity index (χ3v) is 3.33. The van der Waals surface area contributed by atoms with Gasteiger partial charge in [0.05, 0.1) is 6.61 Å². The summed E-state index contributed by atoms with van der Waals surface area (Å²) < 4.78 is 5.36. The molecular formula is C14H28N2O3. The third-order valence-electron chi connectivity index (χ3n) is 3.33. The largest absolute Gasteiger partial charge is 0.444 e. The summed E-state index contributed by atoms with van der Waals surface area (Å²) in [6, 6.07) is 0.332. The van der Waals surface area contributed by atoms with Gasteiger partial charge in [0.2, 0.25) is 0 Å². The number of aliphatic hydroxyl groups is 1. The Morgan fingerprint density at radius 2 is 2.11 bits per heavy atom. The smallest absolute Gasteiger partial charge is 0.410 e. The van der Waals surface area contributed by atoms with E-state index >= 15 is 0 Å². The standard InChI is InChI=1S/C14H28N2O3/c1-14(2,3)19-13(18)15(4)11-12-7-5-6-8-16(12)9-10-17/h12,17H,5-11H2,1-4H3/t12-/m1/s1. The normalized spacial score (nSPS) is 21.2. The van der Waals surface area contributed by atoms with Crippen molar-refractivity contribution in [3.63, 3.8) is 0 Å². The minimum absolute atomic E-state index is 0.173. The van der Waals surface area contributed by atoms with Crippen LogP contribution in [0.25, 0.3) is 0 Å². The first-order valence-corrected chi connectivity index (χ1v) is 7.12. The Kier molecular flexibility index (Phi) is 6.07. The Morgan fingerprint density at radius 1 is 1.42 bits per heavy atom. The monoisotopic (exact) mass is 272 g/mol. The second kappa shape index (κ2) is 7.10. The first-order chi connectivity index (χ1) is 8.83. The van der Waals surface area contributed by atoms with Gasteiger partial charge in [0.1, 0.15) is 5.60 Å². The number of ether oxygens (including phenoxy) is 1. The van der Waals surface area contributed by atoms with E-state index in [2.05, 4.69) is 4.90 Å². The Hall–Kier alpha value is -0.810. The van der Waals surface area contributed by atoms with E-state index in [4.69, 9.17) is 9.84 Å². The van der Waals surface area contributed by atoms with E-state index in [1.54, 1.807) is 11.9 Å². The summed E-state index contributed by atoms with van der Waals surface area (Å²) in [4.78, 5) is 15.8. The highest BCUT2D eigenvalue weighted by atomic mass is 16.6. The van der Waals surface area contributed by atoms with Crippen LogP contribution in [-0.4, -0.2) is 65.9 Å². The summed E-state index contributed by atoms with van der Waals surface area (Å²) >= 11 is 0. The predicted octanol–water partition coefficient (Wildman–Crippen LogP) is 1.70. The van der Waals surface area contributed by atoms with Crippen LogP contribution in [0.3, 0.4) is 0 Å². The molecule has 0 bridgehead atoms. The number of likely N-dealkylation sites (tertiary alicyclic amines) is 1. The molecule has 19 heavy (non-hydrogen) atoms. The minimum atomic E-state index is -0.456. The van der Waals surface area contributed by atoms with E-state index in [1.165, 1.54) is 12.8 Å². The number of amides is 1. The molecule has 1 aliphatic heterocycles. The van der Waals surface area contributed by atoms with Crippen LogP contribution in [0.1, 0.15) is 40.0 Å². The van der Waals surface area contributed by atoms with E-state index in [1.807, 2.05) is 20.8 Å². The molecule has 1 amide bonds. The molecule has 0 radical (unpaired) electrons. The van der Waals surface area contributed by atoms with E-state index < -0.39 is 5.60 Å². The predicted molar refractivity (Wildman–Crippen MR) is 75.2 cm³/mol. The summed E-state index contributed by atoms with van der Waals surface area (Å²) in [5, 5.41) is 9.09. The van der Waals surface area contributed by atoms with Gasteiger partial charge < -0.3 is 14.7 Å². The lowest BCUT2D eigenvalue weighted by Crippen LogP contribution is -2.48. The molecule has 1 aliphatic rings. The molecular weight excluding hydrogens is 244 g/mol. The fourth-order valence-corrected chi connectivity index (χ4v) is 2.42. The Morgan fingerprint density at radius 3 is 2.68 bits per heavy atom. The lowest BCUT2D eigenvalue weighted by Gasteiger charge is -2.37. The summed E-state index contributed by atoms with van der Waals surface area (Å²) in [5.74, 6) is 0. The van der Waals surface area contributed by atoms with Gasteiger partial charge in [-0.1, -0.05) is 6.42 Å². The third kappa shape index (κ3) is 5.78. The zero-order chi connectivity index (χ0) is 14.5. The Balaban J connectivity index is 2.49. The van der Waals surface area contributed by atoms with Crippen molar-refractivity contribution in [2.24, 2.45) is 0 Å². The average Bonchev–Trinajstić information content (AvgIpc) is 2.29. The van der Waals surface area contributed by atoms with Crippen LogP contribution in [0.4, 0.5) is 4.79 Å². The number of β-amino-alcohol motifs (C(OH)–C–C–N with tert-alkyl or cyclic N) is 1. The molecule has 112 valence electrons. The molecule has 5 heteroatoms. The zero-order valence-electron chi connectivity index (χ0n) is 12.7. The zero-order valence-corrected chi connectivity index (χ0v) is 12.7. The molecule has 5 nitrogen and oxygen atoms in total. The maximum atomic E-state index is 11.9. The molecule has 0 aromatic rings. The van der Waals surface area contributed by atoms with Gasteiger partial charge in [-0.15, -0.1) is 0 Å². The summed E-state index contributed by atoms with van der Waals surface area (Å²) in [6.07, 6.45) is 3.16. The maximum absolute atomic E-state index is 11.9. The number of hydrogen-bond acceptors (Lipinski definition) is 4. The van der Waals surface area contributed by atoms with Gasteiger partial charge in [-0.25, -0.2) is 4.79 Å². The summed E-state index contributed by atoms with van der Waals surface area (Å²) in [6.45, 7) is 8.15. The van der Waals surface area contributed by atoms with Crippen LogP contribution < -0.4 is 0 Å². The number of hydrogen-bond donors (Lipinski definition) is 1. The van der Waals surface area contributed by atoms with E-state index in [0.717, 1.165) is 13.0 Å². The van der Waals surface area contributed by atoms with Gasteiger partial charge in [-0.2, -0.15) is 0 Å². The average molecular weight is 272 g/mol. The molecule has 0 aromatic carbocycles. The van der Waals surface area contributed by atoms with Gasteiger partial charge in [-0.05, 0) is 40.2 Å². The van der Waals surface area contributed by atoms with Crippen molar-refractivity contribution in [1.82, 2.24) is 9.80 Å². The molecule has 0 spiro atoms. The molecule has 1 saturated heterocycles. The van der Waals surface area contributed by atoms with Gasteiger partial charge in [0.25, 0.3) is 0 Å². The minimum Gasteiger partial charge on any atom is -0.444 e. The lowest BCUT2D eigenvalue weighted by molar-refractivity contribution is 0.0205. The van der Waals surface area contributed by atoms with Crippen molar-refractivity contribution in [1.29, 1.82) is 0 Å². The molecule has 1 atom stereocenters. The van der Waals surface area contributed by atoms with E-state index in [0.29, 0.717) is 19.1 Å². The Labute approximate surface area is 116 Å². The first-order valence-electron chi connectivity index (χ1n) is 7.12. The SMILES string of the molecule is CN(C[C@H]1CCCCN1CCO)C(=O)OC(C)(C)C. The summed E-state index contributed by atoms with van der Waals surface area (Å²) in [5.41, 5.74) is -0.456. The van der Waals surface area contributed by atoms with Crippen LogP contribution in [0.2, 0.25) is 0 Å². The molecule has 1 N–H and O–H groups in total. The highest BCUT2D eigenvalue weighted by molar-refractivity contribution is 5.67. The summed E-state index contributed by atoms with van der Waals surface area (Å²) in [7, 11) is 1.78. The molecule has 0 saturated carbocycles. The molecule has 0 aliphatic carbocycles. The molecule has 0 aromatic heterocycles. The molecule has 0 unspecified atom stereocenters. The number of likely N-dealkylation sites (N-methyl/N-ethyl adjacent to an activating group) is 1. The van der Waals surface area contributed by atoms with Gasteiger partial charge >= 0.3 is 6.09 Å². The van der Waals surface area contributed by atoms with Crippen molar-refractivity contribution in [3.8, 4) is 0 Å². The van der Waals surface area contributed by atoms with Crippen LogP contribution in [0.5, 0.6) is 0 Å². The molecule has 1 fully saturated rings. The fourth-order valence-electron chi connectivity index (χ4n) is 2.42. The van der Waals surface area contributed by atoms with Crippen LogP contribution in [0, 0.1) is 0 Å². The number of carbonyl (C=O) groups is 1. The quantitative estimate of drug-likeness (QED) is 0.846. The fraction of sp³-hybridized carbons (Fsp3) is 0.929. The van der Waals surface area contributed by atoms with Crippen LogP contribution >= 0.6 is 0 Å². The number of aliphatic hydroxyl groups excluding tert-OH is 1. The van der Waals surface area contributed by atoms with Gasteiger partial charge in [0, 0.05) is 26.2 Å². The number of piperidine rings is 1. The lowest BCUT2D eigenvalue weighted by atomic mass is 10.0. The first kappa shape index (κ1) is 16.2. The topological polar surface area (TPSA) is 53.0 Å². The van der Waals surface area contributed by atoms with Gasteiger partial charge in [-0.3, -0.25) is 4.90 Å². The Bertz CT molecular complexity index is 287. The van der Waals surface area contributed by atoms with Crippen LogP contribution in [0.15, 0.2) is 0 Å². The van der Waals surface area contributed by atoms with Gasteiger partial charge in [0.15, 0.2) is 0 Å². The number of carbonyl (C=O) groups excluding carboxylic acids is 1. The van der Waals surface area contributed by atoms with E-state index in [9.17, 15) is 4.79 Å². The highest BCUT2D eigenvalue weighted by Crippen LogP contribution is 2.18. The van der Waals surface area contributed by atoms with Crippen molar-refractivity contribution in [2.45, 2.75) is 51.7 Å². The number of rotatable bonds is 4. The molecule has 1 rings (SSSR count).